The first-order valence-corrected chi connectivity index (χ1v) is 9.78. The number of benzene rings is 1. The van der Waals surface area contributed by atoms with Crippen LogP contribution in [0.2, 0.25) is 0 Å². The molecule has 1 aromatic carbocycles. The van der Waals surface area contributed by atoms with Crippen LogP contribution in [0.25, 0.3) is 0 Å². The molecular weight excluding hydrogens is 346 g/mol. The lowest BCUT2D eigenvalue weighted by molar-refractivity contribution is -0.385. The quantitative estimate of drug-likeness (QED) is 0.593. The zero-order chi connectivity index (χ0) is 18.2. The summed E-state index contributed by atoms with van der Waals surface area (Å²) in [6.45, 7) is 2.77. The highest BCUT2D eigenvalue weighted by molar-refractivity contribution is 7.89. The molecule has 136 valence electrons. The molecule has 1 aliphatic carbocycles. The number of hydrogen-bond acceptors (Lipinski definition) is 5. The van der Waals surface area contributed by atoms with E-state index in [4.69, 9.17) is 0 Å². The Morgan fingerprint density at radius 3 is 2.36 bits per heavy atom. The summed E-state index contributed by atoms with van der Waals surface area (Å²) in [6.07, 6.45) is 2.92. The molecule has 0 unspecified atom stereocenters. The average molecular weight is 367 g/mol. The molecule has 0 aromatic heterocycles. The summed E-state index contributed by atoms with van der Waals surface area (Å²) in [4.78, 5) is 24.3. The van der Waals surface area contributed by atoms with Crippen LogP contribution >= 0.6 is 0 Å². The number of nitrogens with zero attached hydrogens (tertiary/aromatic N) is 3. The largest absolute Gasteiger partial charge is 0.340 e. The number of carbonyl (C=O) groups is 1. The van der Waals surface area contributed by atoms with Crippen molar-refractivity contribution in [3.63, 3.8) is 0 Å². The van der Waals surface area contributed by atoms with Gasteiger partial charge in [0.15, 0.2) is 0 Å². The molecule has 0 atom stereocenters. The van der Waals surface area contributed by atoms with E-state index in [1.54, 1.807) is 11.8 Å². The molecule has 1 aliphatic heterocycles. The van der Waals surface area contributed by atoms with E-state index in [1.165, 1.54) is 16.4 Å². The van der Waals surface area contributed by atoms with Crippen molar-refractivity contribution in [1.82, 2.24) is 9.21 Å². The van der Waals surface area contributed by atoms with Crippen LogP contribution in [0.3, 0.4) is 0 Å². The van der Waals surface area contributed by atoms with Crippen LogP contribution in [0.4, 0.5) is 5.69 Å². The molecule has 8 nitrogen and oxygen atoms in total. The van der Waals surface area contributed by atoms with Gasteiger partial charge in [0.25, 0.3) is 5.69 Å². The zero-order valence-corrected chi connectivity index (χ0v) is 14.9. The number of nitro groups is 1. The Morgan fingerprint density at radius 1 is 1.20 bits per heavy atom. The summed E-state index contributed by atoms with van der Waals surface area (Å²) in [5, 5.41) is 10.9. The van der Waals surface area contributed by atoms with E-state index >= 15 is 0 Å². The van der Waals surface area contributed by atoms with Crippen molar-refractivity contribution in [3.8, 4) is 0 Å². The normalized spacial score (nSPS) is 19.5. The lowest BCUT2D eigenvalue weighted by Crippen LogP contribution is -2.52. The predicted molar refractivity (Wildman–Crippen MR) is 90.5 cm³/mol. The summed E-state index contributed by atoms with van der Waals surface area (Å²) in [5.41, 5.74) is 0.224. The summed E-state index contributed by atoms with van der Waals surface area (Å²) < 4.78 is 27.0. The molecule has 1 heterocycles. The Hall–Kier alpha value is -2.00. The van der Waals surface area contributed by atoms with Crippen molar-refractivity contribution in [1.29, 1.82) is 0 Å². The SMILES string of the molecule is Cc1ccc([N+](=O)[O-])cc1S(=O)(=O)N1CCN(C(=O)C2CCC2)CC1. The Kier molecular flexibility index (Phi) is 4.79. The van der Waals surface area contributed by atoms with Crippen molar-refractivity contribution < 1.29 is 18.1 Å². The van der Waals surface area contributed by atoms with E-state index in [0.29, 0.717) is 18.7 Å². The summed E-state index contributed by atoms with van der Waals surface area (Å²) in [5.74, 6) is 0.219. The fourth-order valence-electron chi connectivity index (χ4n) is 3.18. The van der Waals surface area contributed by atoms with Crippen molar-refractivity contribution >= 4 is 21.6 Å². The minimum atomic E-state index is -3.82. The van der Waals surface area contributed by atoms with Crippen molar-refractivity contribution in [2.75, 3.05) is 26.2 Å². The third-order valence-electron chi connectivity index (χ3n) is 5.01. The van der Waals surface area contributed by atoms with Gasteiger partial charge in [0.2, 0.25) is 15.9 Å². The van der Waals surface area contributed by atoms with Crippen LogP contribution in [0.5, 0.6) is 0 Å². The first-order chi connectivity index (χ1) is 11.8. The van der Waals surface area contributed by atoms with Crippen LogP contribution in [-0.2, 0) is 14.8 Å². The Morgan fingerprint density at radius 2 is 1.84 bits per heavy atom. The number of piperazine rings is 1. The van der Waals surface area contributed by atoms with E-state index in [2.05, 4.69) is 0 Å². The van der Waals surface area contributed by atoms with Gasteiger partial charge in [0.1, 0.15) is 0 Å². The number of rotatable bonds is 4. The standard InChI is InChI=1S/C16H21N3O5S/c1-12-5-6-14(19(21)22)11-15(12)25(23,24)18-9-7-17(8-10-18)16(20)13-3-2-4-13/h5-6,11,13H,2-4,7-10H2,1H3. The second-order valence-electron chi connectivity index (χ2n) is 6.56. The van der Waals surface area contributed by atoms with Crippen molar-refractivity contribution in [3.05, 3.63) is 33.9 Å². The van der Waals surface area contributed by atoms with Gasteiger partial charge in [0.05, 0.1) is 9.82 Å². The minimum Gasteiger partial charge on any atom is -0.340 e. The summed E-state index contributed by atoms with van der Waals surface area (Å²) in [7, 11) is -3.82. The van der Waals surface area contributed by atoms with E-state index in [9.17, 15) is 23.3 Å². The van der Waals surface area contributed by atoms with Crippen LogP contribution in [-0.4, -0.2) is 54.6 Å². The number of nitro benzene ring substituents is 1. The lowest BCUT2D eigenvalue weighted by Gasteiger charge is -2.37. The van der Waals surface area contributed by atoms with Gasteiger partial charge in [-0.25, -0.2) is 8.42 Å². The Bertz CT molecular complexity index is 796. The fraction of sp³-hybridized carbons (Fsp3) is 0.562. The Labute approximate surface area is 146 Å². The van der Waals surface area contributed by atoms with Gasteiger partial charge in [-0.2, -0.15) is 4.31 Å². The molecule has 9 heteroatoms. The molecule has 2 aliphatic rings. The van der Waals surface area contributed by atoms with Crippen LogP contribution in [0.15, 0.2) is 23.1 Å². The average Bonchev–Trinajstić information content (AvgIpc) is 2.53. The molecule has 0 radical (unpaired) electrons. The van der Waals surface area contributed by atoms with Gasteiger partial charge in [-0.3, -0.25) is 14.9 Å². The maximum atomic E-state index is 12.9. The lowest BCUT2D eigenvalue weighted by atomic mass is 9.84. The van der Waals surface area contributed by atoms with E-state index in [-0.39, 0.29) is 35.5 Å². The number of carbonyl (C=O) groups excluding carboxylic acids is 1. The van der Waals surface area contributed by atoms with E-state index < -0.39 is 14.9 Å². The predicted octanol–water partition coefficient (Wildman–Crippen LogP) is 1.54. The molecule has 0 bridgehead atoms. The van der Waals surface area contributed by atoms with Gasteiger partial charge in [0, 0.05) is 44.2 Å². The maximum Gasteiger partial charge on any atom is 0.270 e. The summed E-state index contributed by atoms with van der Waals surface area (Å²) in [6, 6.07) is 3.85. The number of aryl methyl sites for hydroxylation is 1. The van der Waals surface area contributed by atoms with Gasteiger partial charge >= 0.3 is 0 Å². The topological polar surface area (TPSA) is 101 Å². The van der Waals surface area contributed by atoms with Crippen LogP contribution in [0, 0.1) is 23.0 Å². The van der Waals surface area contributed by atoms with Crippen LogP contribution < -0.4 is 0 Å². The van der Waals surface area contributed by atoms with E-state index in [0.717, 1.165) is 25.3 Å². The molecule has 0 spiro atoms. The minimum absolute atomic E-state index is 0.0412. The molecule has 1 aromatic rings. The number of sulfonamides is 1. The van der Waals surface area contributed by atoms with Crippen LogP contribution in [0.1, 0.15) is 24.8 Å². The Balaban J connectivity index is 1.75. The van der Waals surface area contributed by atoms with E-state index in [1.807, 2.05) is 0 Å². The fourth-order valence-corrected chi connectivity index (χ4v) is 4.85. The molecular formula is C16H21N3O5S. The maximum absolute atomic E-state index is 12.9. The second kappa shape index (κ2) is 6.72. The highest BCUT2D eigenvalue weighted by Crippen LogP contribution is 2.29. The molecule has 2 fully saturated rings. The highest BCUT2D eigenvalue weighted by Gasteiger charge is 2.35. The molecule has 1 saturated heterocycles. The highest BCUT2D eigenvalue weighted by atomic mass is 32.2. The number of amides is 1. The van der Waals surface area contributed by atoms with Gasteiger partial charge in [-0.1, -0.05) is 12.5 Å². The molecule has 3 rings (SSSR count). The molecule has 25 heavy (non-hydrogen) atoms. The monoisotopic (exact) mass is 367 g/mol. The molecule has 1 amide bonds. The molecule has 0 N–H and O–H groups in total. The number of non-ortho nitro benzene ring substituents is 1. The third-order valence-corrected chi connectivity index (χ3v) is 7.05. The summed E-state index contributed by atoms with van der Waals surface area (Å²) >= 11 is 0. The van der Waals surface area contributed by atoms with Crippen molar-refractivity contribution in [2.24, 2.45) is 5.92 Å². The molecule has 1 saturated carbocycles. The smallest absolute Gasteiger partial charge is 0.270 e. The first-order valence-electron chi connectivity index (χ1n) is 8.34. The van der Waals surface area contributed by atoms with Gasteiger partial charge < -0.3 is 4.90 Å². The first kappa shape index (κ1) is 17.8. The zero-order valence-electron chi connectivity index (χ0n) is 14.1. The van der Waals surface area contributed by atoms with Crippen molar-refractivity contribution in [2.45, 2.75) is 31.1 Å². The van der Waals surface area contributed by atoms with Gasteiger partial charge in [-0.15, -0.1) is 0 Å². The third kappa shape index (κ3) is 3.38. The second-order valence-corrected chi connectivity index (χ2v) is 8.47. The van der Waals surface area contributed by atoms with Gasteiger partial charge in [-0.05, 0) is 25.3 Å². The number of hydrogen-bond donors (Lipinski definition) is 0.